The van der Waals surface area contributed by atoms with Gasteiger partial charge in [0.05, 0.1) is 5.92 Å². The summed E-state index contributed by atoms with van der Waals surface area (Å²) in [4.78, 5) is 10.8. The zero-order chi connectivity index (χ0) is 7.78. The lowest BCUT2D eigenvalue weighted by molar-refractivity contribution is -0.124. The molecule has 58 valence electrons. The van der Waals surface area contributed by atoms with Crippen molar-refractivity contribution in [1.82, 2.24) is 5.32 Å². The summed E-state index contributed by atoms with van der Waals surface area (Å²) in [5, 5.41) is 2.57. The van der Waals surface area contributed by atoms with Gasteiger partial charge in [0, 0.05) is 6.54 Å². The Kier molecular flexibility index (Phi) is 1.99. The summed E-state index contributed by atoms with van der Waals surface area (Å²) >= 11 is 2.82. The summed E-state index contributed by atoms with van der Waals surface area (Å²) in [5.74, 6) is -0.714. The third kappa shape index (κ3) is 1.48. The number of carbonyl (C=O) groups excluding carboxylic acids is 1. The van der Waals surface area contributed by atoms with Crippen LogP contribution in [-0.4, -0.2) is 17.0 Å². The number of rotatable bonds is 1. The van der Waals surface area contributed by atoms with Gasteiger partial charge in [-0.1, -0.05) is 0 Å². The maximum Gasteiger partial charge on any atom is 0.227 e. The van der Waals surface area contributed by atoms with Gasteiger partial charge in [-0.3, -0.25) is 4.79 Å². The molecule has 0 aromatic heterocycles. The van der Waals surface area contributed by atoms with Crippen LogP contribution in [0.3, 0.4) is 0 Å². The van der Waals surface area contributed by atoms with Crippen molar-refractivity contribution in [3.63, 3.8) is 0 Å². The monoisotopic (exact) mass is 209 g/mol. The maximum absolute atomic E-state index is 13.0. The first-order valence-electron chi connectivity index (χ1n) is 3.17. The SMILES string of the molecule is CC(F)(Br)C1CCNC1=O. The Labute approximate surface area is 67.3 Å². The highest BCUT2D eigenvalue weighted by molar-refractivity contribution is 9.10. The molecule has 0 aliphatic carbocycles. The van der Waals surface area contributed by atoms with Crippen molar-refractivity contribution < 1.29 is 9.18 Å². The lowest BCUT2D eigenvalue weighted by Gasteiger charge is -2.16. The molecule has 2 unspecified atom stereocenters. The largest absolute Gasteiger partial charge is 0.356 e. The molecule has 0 aromatic rings. The molecule has 4 heteroatoms. The van der Waals surface area contributed by atoms with Crippen molar-refractivity contribution in [3.05, 3.63) is 0 Å². The molecule has 2 nitrogen and oxygen atoms in total. The van der Waals surface area contributed by atoms with E-state index in [0.29, 0.717) is 13.0 Å². The summed E-state index contributed by atoms with van der Waals surface area (Å²) in [6.45, 7) is 1.96. The van der Waals surface area contributed by atoms with E-state index < -0.39 is 10.5 Å². The second kappa shape index (κ2) is 2.49. The molecule has 2 atom stereocenters. The van der Waals surface area contributed by atoms with Crippen molar-refractivity contribution in [2.24, 2.45) is 5.92 Å². The van der Waals surface area contributed by atoms with E-state index in [1.807, 2.05) is 0 Å². The predicted octanol–water partition coefficient (Wildman–Crippen LogP) is 1.20. The maximum atomic E-state index is 13.0. The smallest absolute Gasteiger partial charge is 0.227 e. The second-order valence-electron chi connectivity index (χ2n) is 2.59. The van der Waals surface area contributed by atoms with E-state index in [-0.39, 0.29) is 5.91 Å². The standard InChI is InChI=1S/C6H9BrFNO/c1-6(7,8)4-2-3-9-5(4)10/h4H,2-3H2,1H3,(H,9,10). The molecule has 10 heavy (non-hydrogen) atoms. The average Bonchev–Trinajstić information content (AvgIpc) is 2.11. The molecule has 1 saturated heterocycles. The summed E-state index contributed by atoms with van der Waals surface area (Å²) in [6.07, 6.45) is 0.580. The van der Waals surface area contributed by atoms with Crippen molar-refractivity contribution in [2.45, 2.75) is 17.9 Å². The number of alkyl halides is 2. The van der Waals surface area contributed by atoms with Crippen LogP contribution in [0.5, 0.6) is 0 Å². The molecule has 1 N–H and O–H groups in total. The minimum atomic E-state index is -1.55. The Morgan fingerprint density at radius 3 is 2.70 bits per heavy atom. The Balaban J connectivity index is 2.64. The molecule has 0 saturated carbocycles. The quantitative estimate of drug-likeness (QED) is 0.647. The topological polar surface area (TPSA) is 29.1 Å². The van der Waals surface area contributed by atoms with E-state index in [0.717, 1.165) is 0 Å². The highest BCUT2D eigenvalue weighted by Crippen LogP contribution is 2.33. The Morgan fingerprint density at radius 2 is 2.50 bits per heavy atom. The van der Waals surface area contributed by atoms with Gasteiger partial charge in [-0.15, -0.1) is 0 Å². The van der Waals surface area contributed by atoms with Gasteiger partial charge in [0.1, 0.15) is 0 Å². The number of amides is 1. The molecule has 1 aliphatic rings. The average molecular weight is 210 g/mol. The molecule has 0 aromatic carbocycles. The number of hydrogen-bond donors (Lipinski definition) is 1. The summed E-state index contributed by atoms with van der Waals surface area (Å²) < 4.78 is 11.5. The molecule has 1 heterocycles. The fourth-order valence-electron chi connectivity index (χ4n) is 1.08. The first-order valence-corrected chi connectivity index (χ1v) is 3.96. The highest BCUT2D eigenvalue weighted by atomic mass is 79.9. The minimum Gasteiger partial charge on any atom is -0.356 e. The minimum absolute atomic E-state index is 0.193. The van der Waals surface area contributed by atoms with Crippen LogP contribution in [0, 0.1) is 5.92 Å². The van der Waals surface area contributed by atoms with Crippen molar-refractivity contribution in [1.29, 1.82) is 0 Å². The molecule has 0 spiro atoms. The molecular weight excluding hydrogens is 201 g/mol. The Bertz CT molecular complexity index is 154. The normalized spacial score (nSPS) is 31.5. The third-order valence-corrected chi connectivity index (χ3v) is 2.21. The molecule has 0 radical (unpaired) electrons. The zero-order valence-corrected chi connectivity index (χ0v) is 7.24. The van der Waals surface area contributed by atoms with E-state index in [2.05, 4.69) is 21.2 Å². The molecule has 1 aliphatic heterocycles. The fraction of sp³-hybridized carbons (Fsp3) is 0.833. The van der Waals surface area contributed by atoms with Gasteiger partial charge >= 0.3 is 0 Å². The fourth-order valence-corrected chi connectivity index (χ4v) is 1.51. The van der Waals surface area contributed by atoms with Gasteiger partial charge in [0.25, 0.3) is 0 Å². The van der Waals surface area contributed by atoms with E-state index in [9.17, 15) is 9.18 Å². The van der Waals surface area contributed by atoms with Crippen LogP contribution in [0.25, 0.3) is 0 Å². The van der Waals surface area contributed by atoms with Crippen LogP contribution in [0.4, 0.5) is 4.39 Å². The summed E-state index contributed by atoms with van der Waals surface area (Å²) in [5.41, 5.74) is 0. The van der Waals surface area contributed by atoms with Gasteiger partial charge in [-0.25, -0.2) is 4.39 Å². The van der Waals surface area contributed by atoms with E-state index in [4.69, 9.17) is 0 Å². The summed E-state index contributed by atoms with van der Waals surface area (Å²) in [7, 11) is 0. The number of halogens is 2. The zero-order valence-electron chi connectivity index (χ0n) is 5.66. The van der Waals surface area contributed by atoms with E-state index in [1.165, 1.54) is 6.92 Å². The number of carbonyl (C=O) groups is 1. The van der Waals surface area contributed by atoms with Crippen LogP contribution in [-0.2, 0) is 4.79 Å². The van der Waals surface area contributed by atoms with Crippen LogP contribution >= 0.6 is 15.9 Å². The number of hydrogen-bond acceptors (Lipinski definition) is 1. The van der Waals surface area contributed by atoms with E-state index in [1.54, 1.807) is 0 Å². The Morgan fingerprint density at radius 1 is 1.90 bits per heavy atom. The first-order chi connectivity index (χ1) is 4.52. The molecule has 1 amide bonds. The third-order valence-electron chi connectivity index (χ3n) is 1.66. The lowest BCUT2D eigenvalue weighted by atomic mass is 10.0. The van der Waals surface area contributed by atoms with Gasteiger partial charge in [0.2, 0.25) is 5.91 Å². The predicted molar refractivity (Wildman–Crippen MR) is 39.6 cm³/mol. The Hall–Kier alpha value is -0.120. The van der Waals surface area contributed by atoms with Gasteiger partial charge in [-0.2, -0.15) is 0 Å². The lowest BCUT2D eigenvalue weighted by Crippen LogP contribution is -2.30. The summed E-state index contributed by atoms with van der Waals surface area (Å²) in [6, 6.07) is 0. The van der Waals surface area contributed by atoms with Gasteiger partial charge in [-0.05, 0) is 29.3 Å². The van der Waals surface area contributed by atoms with Crippen molar-refractivity contribution in [2.75, 3.05) is 6.54 Å². The van der Waals surface area contributed by atoms with E-state index >= 15 is 0 Å². The van der Waals surface area contributed by atoms with Crippen LogP contribution in [0.2, 0.25) is 0 Å². The number of nitrogens with one attached hydrogen (secondary N) is 1. The molecule has 1 rings (SSSR count). The van der Waals surface area contributed by atoms with Crippen molar-refractivity contribution in [3.8, 4) is 0 Å². The molecular formula is C6H9BrFNO. The molecule has 0 bridgehead atoms. The van der Waals surface area contributed by atoms with Crippen molar-refractivity contribution >= 4 is 21.8 Å². The highest BCUT2D eigenvalue weighted by Gasteiger charge is 2.39. The van der Waals surface area contributed by atoms with Crippen LogP contribution in [0.15, 0.2) is 0 Å². The molecule has 1 fully saturated rings. The van der Waals surface area contributed by atoms with Gasteiger partial charge < -0.3 is 5.32 Å². The second-order valence-corrected chi connectivity index (χ2v) is 4.14. The van der Waals surface area contributed by atoms with Gasteiger partial charge in [0.15, 0.2) is 4.58 Å². The van der Waals surface area contributed by atoms with Crippen LogP contribution < -0.4 is 5.32 Å². The first kappa shape index (κ1) is 7.98. The van der Waals surface area contributed by atoms with Crippen LogP contribution in [0.1, 0.15) is 13.3 Å².